The van der Waals surface area contributed by atoms with Gasteiger partial charge in [0.15, 0.2) is 9.84 Å². The molecule has 0 radical (unpaired) electrons. The highest BCUT2D eigenvalue weighted by atomic mass is 32.2. The van der Waals surface area contributed by atoms with E-state index in [9.17, 15) is 8.42 Å². The quantitative estimate of drug-likeness (QED) is 0.908. The third-order valence-corrected chi connectivity index (χ3v) is 5.92. The van der Waals surface area contributed by atoms with Gasteiger partial charge >= 0.3 is 0 Å². The summed E-state index contributed by atoms with van der Waals surface area (Å²) in [6.07, 6.45) is 5.91. The molecule has 0 saturated heterocycles. The van der Waals surface area contributed by atoms with Crippen molar-refractivity contribution in [3.05, 3.63) is 29.8 Å². The Morgan fingerprint density at radius 2 is 2.00 bits per heavy atom. The number of nitrogens with one attached hydrogen (secondary N) is 1. The van der Waals surface area contributed by atoms with E-state index in [1.165, 1.54) is 25.3 Å². The van der Waals surface area contributed by atoms with Crippen LogP contribution in [0.25, 0.3) is 0 Å². The van der Waals surface area contributed by atoms with E-state index in [2.05, 4.69) is 12.2 Å². The van der Waals surface area contributed by atoms with Crippen LogP contribution >= 0.6 is 0 Å². The standard InChI is InChI=1S/C16H22N2O2S/c1-16(8-3-2-4-9-16)18-10-11-21(19,20)15-7-5-6-14(12-15)13-17/h5-7,12,18H,2-4,8-11H2,1H3. The Morgan fingerprint density at radius 3 is 2.67 bits per heavy atom. The van der Waals surface area contributed by atoms with E-state index >= 15 is 0 Å². The summed E-state index contributed by atoms with van der Waals surface area (Å²) in [7, 11) is -3.33. The van der Waals surface area contributed by atoms with Crippen molar-refractivity contribution in [2.24, 2.45) is 0 Å². The summed E-state index contributed by atoms with van der Waals surface area (Å²) in [6.45, 7) is 2.63. The minimum absolute atomic E-state index is 0.0669. The van der Waals surface area contributed by atoms with Crippen LogP contribution in [0.2, 0.25) is 0 Å². The molecule has 5 heteroatoms. The fourth-order valence-corrected chi connectivity index (χ4v) is 4.07. The number of sulfone groups is 1. The molecule has 1 aliphatic carbocycles. The normalized spacial score (nSPS) is 18.1. The first-order chi connectivity index (χ1) is 9.95. The number of rotatable bonds is 5. The van der Waals surface area contributed by atoms with Gasteiger partial charge in [-0.1, -0.05) is 25.3 Å². The molecule has 1 saturated carbocycles. The maximum absolute atomic E-state index is 12.3. The molecule has 0 aromatic heterocycles. The van der Waals surface area contributed by atoms with Crippen LogP contribution in [0.5, 0.6) is 0 Å². The summed E-state index contributed by atoms with van der Waals surface area (Å²) in [5.74, 6) is 0.0669. The Morgan fingerprint density at radius 1 is 1.29 bits per heavy atom. The van der Waals surface area contributed by atoms with Crippen LogP contribution in [0.1, 0.15) is 44.6 Å². The van der Waals surface area contributed by atoms with E-state index in [4.69, 9.17) is 5.26 Å². The molecular weight excluding hydrogens is 284 g/mol. The molecule has 0 spiro atoms. The fraction of sp³-hybridized carbons (Fsp3) is 0.562. The Hall–Kier alpha value is -1.38. The highest BCUT2D eigenvalue weighted by Gasteiger charge is 2.26. The Kier molecular flexibility index (Phi) is 5.02. The molecule has 2 rings (SSSR count). The molecule has 1 aromatic rings. The van der Waals surface area contributed by atoms with Gasteiger partial charge in [0.2, 0.25) is 0 Å². The van der Waals surface area contributed by atoms with Crippen molar-refractivity contribution in [3.8, 4) is 6.07 Å². The maximum Gasteiger partial charge on any atom is 0.179 e. The summed E-state index contributed by atoms with van der Waals surface area (Å²) in [6, 6.07) is 8.19. The number of hydrogen-bond donors (Lipinski definition) is 1. The fourth-order valence-electron chi connectivity index (χ4n) is 2.87. The molecular formula is C16H22N2O2S. The van der Waals surface area contributed by atoms with E-state index in [0.29, 0.717) is 12.1 Å². The maximum atomic E-state index is 12.3. The average molecular weight is 306 g/mol. The van der Waals surface area contributed by atoms with Gasteiger partial charge in [0.1, 0.15) is 0 Å². The largest absolute Gasteiger partial charge is 0.310 e. The molecule has 1 N–H and O–H groups in total. The molecule has 0 unspecified atom stereocenters. The molecule has 114 valence electrons. The molecule has 0 aliphatic heterocycles. The van der Waals surface area contributed by atoms with Crippen LogP contribution in [-0.2, 0) is 9.84 Å². The van der Waals surface area contributed by atoms with Gasteiger partial charge in [0, 0.05) is 12.1 Å². The van der Waals surface area contributed by atoms with E-state index < -0.39 is 9.84 Å². The van der Waals surface area contributed by atoms with E-state index in [1.54, 1.807) is 18.2 Å². The average Bonchev–Trinajstić information content (AvgIpc) is 2.47. The highest BCUT2D eigenvalue weighted by Crippen LogP contribution is 2.27. The summed E-state index contributed by atoms with van der Waals surface area (Å²) in [4.78, 5) is 0.233. The predicted molar refractivity (Wildman–Crippen MR) is 82.7 cm³/mol. The van der Waals surface area contributed by atoms with Gasteiger partial charge < -0.3 is 5.32 Å². The van der Waals surface area contributed by atoms with Crippen LogP contribution in [0.3, 0.4) is 0 Å². The zero-order valence-electron chi connectivity index (χ0n) is 12.4. The summed E-state index contributed by atoms with van der Waals surface area (Å²) in [5, 5.41) is 12.3. The van der Waals surface area contributed by atoms with Crippen LogP contribution in [-0.4, -0.2) is 26.3 Å². The lowest BCUT2D eigenvalue weighted by atomic mass is 9.83. The van der Waals surface area contributed by atoms with Gasteiger partial charge in [-0.3, -0.25) is 0 Å². The highest BCUT2D eigenvalue weighted by molar-refractivity contribution is 7.91. The number of nitriles is 1. The minimum Gasteiger partial charge on any atom is -0.310 e. The van der Waals surface area contributed by atoms with Crippen LogP contribution in [0.4, 0.5) is 0 Å². The topological polar surface area (TPSA) is 70.0 Å². The lowest BCUT2D eigenvalue weighted by Crippen LogP contribution is -2.45. The summed E-state index contributed by atoms with van der Waals surface area (Å²) < 4.78 is 24.6. The second-order valence-electron chi connectivity index (χ2n) is 6.01. The predicted octanol–water partition coefficient (Wildman–Crippen LogP) is 2.64. The first kappa shape index (κ1) is 16.0. The van der Waals surface area contributed by atoms with E-state index in [-0.39, 0.29) is 16.2 Å². The van der Waals surface area contributed by atoms with Gasteiger partial charge in [-0.2, -0.15) is 5.26 Å². The second-order valence-corrected chi connectivity index (χ2v) is 8.12. The van der Waals surface area contributed by atoms with Crippen molar-refractivity contribution in [2.45, 2.75) is 49.5 Å². The van der Waals surface area contributed by atoms with Crippen LogP contribution in [0, 0.1) is 11.3 Å². The van der Waals surface area contributed by atoms with Crippen molar-refractivity contribution < 1.29 is 8.42 Å². The van der Waals surface area contributed by atoms with Crippen LogP contribution in [0.15, 0.2) is 29.2 Å². The summed E-state index contributed by atoms with van der Waals surface area (Å²) in [5.41, 5.74) is 0.450. The number of hydrogen-bond acceptors (Lipinski definition) is 4. The number of benzene rings is 1. The smallest absolute Gasteiger partial charge is 0.179 e. The van der Waals surface area contributed by atoms with Crippen molar-refractivity contribution in [2.75, 3.05) is 12.3 Å². The monoisotopic (exact) mass is 306 g/mol. The zero-order chi connectivity index (χ0) is 15.3. The molecule has 21 heavy (non-hydrogen) atoms. The summed E-state index contributed by atoms with van der Waals surface area (Å²) >= 11 is 0. The Bertz CT molecular complexity index is 626. The van der Waals surface area contributed by atoms with Crippen LogP contribution < -0.4 is 5.32 Å². The van der Waals surface area contributed by atoms with Gasteiger partial charge in [-0.25, -0.2) is 8.42 Å². The Labute approximate surface area is 127 Å². The molecule has 1 fully saturated rings. The van der Waals surface area contributed by atoms with E-state index in [1.807, 2.05) is 6.07 Å². The molecule has 4 nitrogen and oxygen atoms in total. The lowest BCUT2D eigenvalue weighted by Gasteiger charge is -2.34. The van der Waals surface area contributed by atoms with Gasteiger partial charge in [-0.05, 0) is 38.0 Å². The molecule has 1 aromatic carbocycles. The Balaban J connectivity index is 1.96. The second kappa shape index (κ2) is 6.59. The van der Waals surface area contributed by atoms with Crippen molar-refractivity contribution in [1.29, 1.82) is 5.26 Å². The van der Waals surface area contributed by atoms with Crippen molar-refractivity contribution in [3.63, 3.8) is 0 Å². The molecule has 0 amide bonds. The van der Waals surface area contributed by atoms with Crippen molar-refractivity contribution in [1.82, 2.24) is 5.32 Å². The van der Waals surface area contributed by atoms with Crippen molar-refractivity contribution >= 4 is 9.84 Å². The minimum atomic E-state index is -3.33. The van der Waals surface area contributed by atoms with E-state index in [0.717, 1.165) is 12.8 Å². The molecule has 1 aliphatic rings. The molecule has 0 bridgehead atoms. The third-order valence-electron chi connectivity index (χ3n) is 4.20. The van der Waals surface area contributed by atoms with Gasteiger partial charge in [0.05, 0.1) is 22.3 Å². The first-order valence-electron chi connectivity index (χ1n) is 7.43. The SMILES string of the molecule is CC1(NCCS(=O)(=O)c2cccc(C#N)c2)CCCCC1. The molecule has 0 heterocycles. The lowest BCUT2D eigenvalue weighted by molar-refractivity contribution is 0.259. The van der Waals surface area contributed by atoms with Gasteiger partial charge in [0.25, 0.3) is 0 Å². The van der Waals surface area contributed by atoms with Gasteiger partial charge in [-0.15, -0.1) is 0 Å². The first-order valence-corrected chi connectivity index (χ1v) is 9.08. The zero-order valence-corrected chi connectivity index (χ0v) is 13.2. The molecule has 0 atom stereocenters. The number of nitrogens with zero attached hydrogens (tertiary/aromatic N) is 1. The third kappa shape index (κ3) is 4.29.